The summed E-state index contributed by atoms with van der Waals surface area (Å²) >= 11 is 8.91. The van der Waals surface area contributed by atoms with E-state index < -0.39 is 6.10 Å². The highest BCUT2D eigenvalue weighted by atomic mass is 79.9. The van der Waals surface area contributed by atoms with Gasteiger partial charge < -0.3 is 9.84 Å². The number of benzene rings is 1. The average molecular weight is 306 g/mol. The lowest BCUT2D eigenvalue weighted by molar-refractivity contribution is 0.192. The van der Waals surface area contributed by atoms with E-state index in [0.717, 1.165) is 15.6 Å². The van der Waals surface area contributed by atoms with Gasteiger partial charge in [-0.05, 0) is 37.6 Å². The molecule has 0 fully saturated rings. The minimum atomic E-state index is -0.562. The molecule has 1 atom stereocenters. The topological polar surface area (TPSA) is 29.5 Å². The van der Waals surface area contributed by atoms with Crippen LogP contribution in [0.1, 0.15) is 25.5 Å². The van der Waals surface area contributed by atoms with Crippen molar-refractivity contribution in [1.29, 1.82) is 0 Å². The van der Waals surface area contributed by atoms with Crippen LogP contribution < -0.4 is 4.74 Å². The fraction of sp³-hybridized carbons (Fsp3) is 0.333. The lowest BCUT2D eigenvalue weighted by atomic mass is 10.1. The molecular weight excluding hydrogens is 291 g/mol. The molecule has 0 unspecified atom stereocenters. The summed E-state index contributed by atoms with van der Waals surface area (Å²) in [7, 11) is 0. The SMILES string of the molecule is C/C(=C\Cl)COc1ccc(Br)cc1[C@H](C)O. The molecular formula is C12H14BrClO2. The summed E-state index contributed by atoms with van der Waals surface area (Å²) in [5.41, 5.74) is 3.18. The van der Waals surface area contributed by atoms with E-state index in [2.05, 4.69) is 15.9 Å². The second-order valence-electron chi connectivity index (χ2n) is 3.60. The molecule has 0 heterocycles. The first-order valence-electron chi connectivity index (χ1n) is 4.90. The van der Waals surface area contributed by atoms with Crippen molar-refractivity contribution in [2.75, 3.05) is 6.61 Å². The van der Waals surface area contributed by atoms with Gasteiger partial charge in [-0.3, -0.25) is 0 Å². The minimum absolute atomic E-state index is 0.421. The van der Waals surface area contributed by atoms with E-state index >= 15 is 0 Å². The van der Waals surface area contributed by atoms with Crippen LogP contribution in [0.3, 0.4) is 0 Å². The van der Waals surface area contributed by atoms with Gasteiger partial charge in [0.1, 0.15) is 12.4 Å². The van der Waals surface area contributed by atoms with Crippen LogP contribution in [-0.2, 0) is 0 Å². The highest BCUT2D eigenvalue weighted by Crippen LogP contribution is 2.28. The van der Waals surface area contributed by atoms with Crippen LogP contribution in [0.5, 0.6) is 5.75 Å². The highest BCUT2D eigenvalue weighted by Gasteiger charge is 2.09. The van der Waals surface area contributed by atoms with Gasteiger partial charge in [-0.1, -0.05) is 27.5 Å². The second-order valence-corrected chi connectivity index (χ2v) is 4.74. The van der Waals surface area contributed by atoms with Gasteiger partial charge >= 0.3 is 0 Å². The number of hydrogen-bond donors (Lipinski definition) is 1. The highest BCUT2D eigenvalue weighted by molar-refractivity contribution is 9.10. The third-order valence-corrected chi connectivity index (χ3v) is 2.93. The molecule has 1 rings (SSSR count). The Morgan fingerprint density at radius 3 is 2.88 bits per heavy atom. The molecule has 2 nitrogen and oxygen atoms in total. The Morgan fingerprint density at radius 2 is 2.31 bits per heavy atom. The Balaban J connectivity index is 2.87. The van der Waals surface area contributed by atoms with E-state index in [1.165, 1.54) is 5.54 Å². The summed E-state index contributed by atoms with van der Waals surface area (Å²) in [5.74, 6) is 0.677. The molecule has 0 saturated carbocycles. The summed E-state index contributed by atoms with van der Waals surface area (Å²) in [6.45, 7) is 4.01. The molecule has 1 aromatic rings. The van der Waals surface area contributed by atoms with Crippen molar-refractivity contribution < 1.29 is 9.84 Å². The van der Waals surface area contributed by atoms with Gasteiger partial charge in [-0.25, -0.2) is 0 Å². The van der Waals surface area contributed by atoms with Gasteiger partial charge in [0, 0.05) is 15.6 Å². The molecule has 0 radical (unpaired) electrons. The van der Waals surface area contributed by atoms with Crippen molar-refractivity contribution in [3.8, 4) is 5.75 Å². The summed E-state index contributed by atoms with van der Waals surface area (Å²) in [6.07, 6.45) is -0.562. The zero-order chi connectivity index (χ0) is 12.1. The molecule has 0 spiro atoms. The van der Waals surface area contributed by atoms with Crippen LogP contribution >= 0.6 is 27.5 Å². The Bertz CT molecular complexity index is 389. The van der Waals surface area contributed by atoms with Crippen LogP contribution in [0.4, 0.5) is 0 Å². The zero-order valence-corrected chi connectivity index (χ0v) is 11.5. The maximum Gasteiger partial charge on any atom is 0.125 e. The van der Waals surface area contributed by atoms with Crippen LogP contribution in [0, 0.1) is 0 Å². The van der Waals surface area contributed by atoms with Crippen LogP contribution in [-0.4, -0.2) is 11.7 Å². The fourth-order valence-electron chi connectivity index (χ4n) is 1.20. The standard InChI is InChI=1S/C12H14BrClO2/c1-8(6-14)7-16-12-4-3-10(13)5-11(12)9(2)15/h3-6,9,15H,7H2,1-2H3/b8-6+/t9-/m0/s1. The zero-order valence-electron chi connectivity index (χ0n) is 9.21. The predicted molar refractivity (Wildman–Crippen MR) is 69.9 cm³/mol. The summed E-state index contributed by atoms with van der Waals surface area (Å²) in [5, 5.41) is 9.61. The van der Waals surface area contributed by atoms with Gasteiger partial charge in [0.05, 0.1) is 6.10 Å². The summed E-state index contributed by atoms with van der Waals surface area (Å²) in [6, 6.07) is 5.55. The third kappa shape index (κ3) is 3.81. The fourth-order valence-corrected chi connectivity index (χ4v) is 1.64. The lowest BCUT2D eigenvalue weighted by Gasteiger charge is -2.13. The van der Waals surface area contributed by atoms with E-state index in [9.17, 15) is 5.11 Å². The van der Waals surface area contributed by atoms with Crippen molar-refractivity contribution in [1.82, 2.24) is 0 Å². The average Bonchev–Trinajstić information content (AvgIpc) is 2.26. The molecule has 0 saturated heterocycles. The van der Waals surface area contributed by atoms with Crippen molar-refractivity contribution >= 4 is 27.5 Å². The number of rotatable bonds is 4. The van der Waals surface area contributed by atoms with Gasteiger partial charge in [-0.15, -0.1) is 0 Å². The maximum absolute atomic E-state index is 9.61. The largest absolute Gasteiger partial charge is 0.489 e. The van der Waals surface area contributed by atoms with Crippen molar-refractivity contribution in [2.45, 2.75) is 20.0 Å². The minimum Gasteiger partial charge on any atom is -0.489 e. The van der Waals surface area contributed by atoms with E-state index in [1.807, 2.05) is 25.1 Å². The van der Waals surface area contributed by atoms with E-state index in [-0.39, 0.29) is 0 Å². The molecule has 0 aromatic heterocycles. The Labute approximate surface area is 109 Å². The van der Waals surface area contributed by atoms with E-state index in [0.29, 0.717) is 12.4 Å². The maximum atomic E-state index is 9.61. The predicted octanol–water partition coefficient (Wildman–Crippen LogP) is 4.02. The number of aliphatic hydroxyl groups is 1. The smallest absolute Gasteiger partial charge is 0.125 e. The van der Waals surface area contributed by atoms with Crippen LogP contribution in [0.2, 0.25) is 0 Å². The molecule has 4 heteroatoms. The van der Waals surface area contributed by atoms with Gasteiger partial charge in [-0.2, -0.15) is 0 Å². The quantitative estimate of drug-likeness (QED) is 0.910. The number of ether oxygens (including phenoxy) is 1. The Morgan fingerprint density at radius 1 is 1.62 bits per heavy atom. The lowest BCUT2D eigenvalue weighted by Crippen LogP contribution is -2.03. The van der Waals surface area contributed by atoms with Crippen molar-refractivity contribution in [2.24, 2.45) is 0 Å². The molecule has 0 aliphatic heterocycles. The normalized spacial score (nSPS) is 13.7. The molecule has 0 aliphatic carbocycles. The molecule has 16 heavy (non-hydrogen) atoms. The first kappa shape index (κ1) is 13.6. The van der Waals surface area contributed by atoms with Crippen molar-refractivity contribution in [3.05, 3.63) is 39.3 Å². The van der Waals surface area contributed by atoms with Crippen LogP contribution in [0.25, 0.3) is 0 Å². The second kappa shape index (κ2) is 6.28. The van der Waals surface area contributed by atoms with Crippen LogP contribution in [0.15, 0.2) is 33.8 Å². The van der Waals surface area contributed by atoms with Crippen molar-refractivity contribution in [3.63, 3.8) is 0 Å². The number of halogens is 2. The molecule has 88 valence electrons. The summed E-state index contributed by atoms with van der Waals surface area (Å²) in [4.78, 5) is 0. The molecule has 0 amide bonds. The third-order valence-electron chi connectivity index (χ3n) is 2.06. The molecule has 0 bridgehead atoms. The van der Waals surface area contributed by atoms with Gasteiger partial charge in [0.15, 0.2) is 0 Å². The van der Waals surface area contributed by atoms with Gasteiger partial charge in [0.25, 0.3) is 0 Å². The Kier molecular flexibility index (Phi) is 5.32. The molecule has 1 aromatic carbocycles. The monoisotopic (exact) mass is 304 g/mol. The first-order valence-corrected chi connectivity index (χ1v) is 6.13. The van der Waals surface area contributed by atoms with E-state index in [4.69, 9.17) is 16.3 Å². The molecule has 0 aliphatic rings. The number of aliphatic hydroxyl groups excluding tert-OH is 1. The van der Waals surface area contributed by atoms with Gasteiger partial charge in [0.2, 0.25) is 0 Å². The Hall–Kier alpha value is -0.510. The number of hydrogen-bond acceptors (Lipinski definition) is 2. The summed E-state index contributed by atoms with van der Waals surface area (Å²) < 4.78 is 6.49. The van der Waals surface area contributed by atoms with E-state index in [1.54, 1.807) is 6.92 Å². The molecule has 1 N–H and O–H groups in total. The first-order chi connectivity index (χ1) is 7.54.